The number of benzene rings is 2. The van der Waals surface area contributed by atoms with Gasteiger partial charge in [-0.1, -0.05) is 6.07 Å². The highest BCUT2D eigenvalue weighted by molar-refractivity contribution is 5.92. The Kier molecular flexibility index (Phi) is 4.66. The first-order valence-corrected chi connectivity index (χ1v) is 6.51. The van der Waals surface area contributed by atoms with E-state index in [0.717, 1.165) is 5.56 Å². The molecular formula is C16H18N2O3. The minimum atomic E-state index is -0.248. The van der Waals surface area contributed by atoms with E-state index < -0.39 is 0 Å². The van der Waals surface area contributed by atoms with Crippen LogP contribution in [0.3, 0.4) is 0 Å². The molecule has 0 saturated carbocycles. The number of carbonyl (C=O) groups excluding carboxylic acids is 1. The molecule has 5 heteroatoms. The van der Waals surface area contributed by atoms with Crippen molar-refractivity contribution in [3.8, 4) is 11.5 Å². The van der Waals surface area contributed by atoms with Crippen LogP contribution in [0, 0.1) is 6.92 Å². The molecule has 5 nitrogen and oxygen atoms in total. The zero-order valence-electron chi connectivity index (χ0n) is 12.1. The third kappa shape index (κ3) is 4.14. The topological polar surface area (TPSA) is 73.6 Å². The number of rotatable bonds is 5. The van der Waals surface area contributed by atoms with Gasteiger partial charge >= 0.3 is 0 Å². The molecule has 0 fully saturated rings. The van der Waals surface area contributed by atoms with E-state index in [2.05, 4.69) is 5.32 Å². The van der Waals surface area contributed by atoms with E-state index in [9.17, 15) is 4.79 Å². The van der Waals surface area contributed by atoms with Crippen LogP contribution in [0.15, 0.2) is 42.5 Å². The number of nitrogens with two attached hydrogens (primary N) is 1. The molecule has 2 rings (SSSR count). The Bertz CT molecular complexity index is 624. The number of hydrogen-bond donors (Lipinski definition) is 2. The minimum Gasteiger partial charge on any atom is -0.493 e. The summed E-state index contributed by atoms with van der Waals surface area (Å²) in [6.07, 6.45) is 0. The van der Waals surface area contributed by atoms with Crippen molar-refractivity contribution in [3.05, 3.63) is 48.0 Å². The lowest BCUT2D eigenvalue weighted by Gasteiger charge is -2.11. The molecular weight excluding hydrogens is 268 g/mol. The van der Waals surface area contributed by atoms with Crippen molar-refractivity contribution in [3.63, 3.8) is 0 Å². The van der Waals surface area contributed by atoms with Gasteiger partial charge in [0.1, 0.15) is 0 Å². The fraction of sp³-hybridized carbons (Fsp3) is 0.188. The molecule has 1 amide bonds. The lowest BCUT2D eigenvalue weighted by atomic mass is 10.2. The number of nitrogen functional groups attached to an aromatic ring is 1. The molecule has 0 bridgehead atoms. The first kappa shape index (κ1) is 14.7. The molecule has 0 atom stereocenters. The van der Waals surface area contributed by atoms with Crippen molar-refractivity contribution in [2.45, 2.75) is 6.92 Å². The fourth-order valence-electron chi connectivity index (χ4n) is 1.80. The van der Waals surface area contributed by atoms with Crippen LogP contribution in [0.4, 0.5) is 11.4 Å². The molecule has 2 aromatic carbocycles. The van der Waals surface area contributed by atoms with Crippen LogP contribution in [-0.4, -0.2) is 19.6 Å². The summed E-state index contributed by atoms with van der Waals surface area (Å²) in [5, 5.41) is 2.73. The van der Waals surface area contributed by atoms with Crippen LogP contribution < -0.4 is 20.5 Å². The summed E-state index contributed by atoms with van der Waals surface area (Å²) in [7, 11) is 1.57. The highest BCUT2D eigenvalue weighted by Gasteiger charge is 2.08. The van der Waals surface area contributed by atoms with E-state index in [1.807, 2.05) is 19.1 Å². The molecule has 110 valence electrons. The van der Waals surface area contributed by atoms with Gasteiger partial charge in [0.15, 0.2) is 18.1 Å². The number of hydrogen-bond acceptors (Lipinski definition) is 4. The van der Waals surface area contributed by atoms with Crippen molar-refractivity contribution < 1.29 is 14.3 Å². The van der Waals surface area contributed by atoms with E-state index in [1.165, 1.54) is 0 Å². The third-order valence-electron chi connectivity index (χ3n) is 2.87. The second kappa shape index (κ2) is 6.65. The normalized spacial score (nSPS) is 10.0. The molecule has 0 aliphatic heterocycles. The fourth-order valence-corrected chi connectivity index (χ4v) is 1.80. The average Bonchev–Trinajstić information content (AvgIpc) is 2.48. The smallest absolute Gasteiger partial charge is 0.262 e. The van der Waals surface area contributed by atoms with Gasteiger partial charge in [0.25, 0.3) is 5.91 Å². The second-order valence-corrected chi connectivity index (χ2v) is 4.61. The maximum atomic E-state index is 11.8. The summed E-state index contributed by atoms with van der Waals surface area (Å²) in [6, 6.07) is 12.5. The first-order chi connectivity index (χ1) is 10.1. The summed E-state index contributed by atoms with van der Waals surface area (Å²) in [5.74, 6) is 0.897. The predicted molar refractivity (Wildman–Crippen MR) is 82.7 cm³/mol. The number of nitrogens with one attached hydrogen (secondary N) is 1. The standard InChI is InChI=1S/C16H18N2O3/c1-11-3-8-14(15(9-11)20-2)21-10-16(19)18-13-6-4-12(17)5-7-13/h3-9H,10,17H2,1-2H3,(H,18,19). The summed E-state index contributed by atoms with van der Waals surface area (Å²) in [6.45, 7) is 1.86. The van der Waals surface area contributed by atoms with Crippen molar-refractivity contribution in [2.75, 3.05) is 24.8 Å². The minimum absolute atomic E-state index is 0.0935. The van der Waals surface area contributed by atoms with Gasteiger partial charge in [0.2, 0.25) is 0 Å². The number of anilines is 2. The Hall–Kier alpha value is -2.69. The van der Waals surface area contributed by atoms with E-state index in [-0.39, 0.29) is 12.5 Å². The molecule has 0 saturated heterocycles. The van der Waals surface area contributed by atoms with Crippen LogP contribution in [0.5, 0.6) is 11.5 Å². The zero-order chi connectivity index (χ0) is 15.2. The van der Waals surface area contributed by atoms with Gasteiger partial charge in [-0.2, -0.15) is 0 Å². The van der Waals surface area contributed by atoms with Gasteiger partial charge in [-0.3, -0.25) is 4.79 Å². The molecule has 2 aromatic rings. The van der Waals surface area contributed by atoms with Crippen LogP contribution in [0.1, 0.15) is 5.56 Å². The van der Waals surface area contributed by atoms with Gasteiger partial charge in [-0.15, -0.1) is 0 Å². The molecule has 0 unspecified atom stereocenters. The number of aryl methyl sites for hydroxylation is 1. The van der Waals surface area contributed by atoms with E-state index in [0.29, 0.717) is 22.9 Å². The van der Waals surface area contributed by atoms with E-state index >= 15 is 0 Å². The van der Waals surface area contributed by atoms with E-state index in [4.69, 9.17) is 15.2 Å². The average molecular weight is 286 g/mol. The maximum absolute atomic E-state index is 11.8. The predicted octanol–water partition coefficient (Wildman–Crippen LogP) is 2.60. The van der Waals surface area contributed by atoms with Crippen LogP contribution >= 0.6 is 0 Å². The Balaban J connectivity index is 1.93. The van der Waals surface area contributed by atoms with Crippen molar-refractivity contribution >= 4 is 17.3 Å². The summed E-state index contributed by atoms with van der Waals surface area (Å²) < 4.78 is 10.7. The summed E-state index contributed by atoms with van der Waals surface area (Å²) in [4.78, 5) is 11.8. The monoisotopic (exact) mass is 286 g/mol. The Morgan fingerprint density at radius 2 is 1.86 bits per heavy atom. The first-order valence-electron chi connectivity index (χ1n) is 6.51. The van der Waals surface area contributed by atoms with Gasteiger partial charge in [-0.05, 0) is 48.9 Å². The third-order valence-corrected chi connectivity index (χ3v) is 2.87. The molecule has 3 N–H and O–H groups in total. The molecule has 0 radical (unpaired) electrons. The highest BCUT2D eigenvalue weighted by atomic mass is 16.5. The largest absolute Gasteiger partial charge is 0.493 e. The molecule has 0 spiro atoms. The quantitative estimate of drug-likeness (QED) is 0.829. The van der Waals surface area contributed by atoms with Gasteiger partial charge in [0.05, 0.1) is 7.11 Å². The lowest BCUT2D eigenvalue weighted by Crippen LogP contribution is -2.20. The second-order valence-electron chi connectivity index (χ2n) is 4.61. The number of methoxy groups -OCH3 is 1. The van der Waals surface area contributed by atoms with Crippen LogP contribution in [-0.2, 0) is 4.79 Å². The number of ether oxygens (including phenoxy) is 2. The van der Waals surface area contributed by atoms with Crippen molar-refractivity contribution in [1.29, 1.82) is 0 Å². The lowest BCUT2D eigenvalue weighted by molar-refractivity contribution is -0.118. The van der Waals surface area contributed by atoms with E-state index in [1.54, 1.807) is 37.4 Å². The maximum Gasteiger partial charge on any atom is 0.262 e. The zero-order valence-corrected chi connectivity index (χ0v) is 12.1. The molecule has 0 aliphatic rings. The molecule has 21 heavy (non-hydrogen) atoms. The number of amides is 1. The summed E-state index contributed by atoms with van der Waals surface area (Å²) >= 11 is 0. The summed E-state index contributed by atoms with van der Waals surface area (Å²) in [5.41, 5.74) is 7.97. The van der Waals surface area contributed by atoms with Gasteiger partial charge in [0, 0.05) is 11.4 Å². The van der Waals surface area contributed by atoms with Crippen molar-refractivity contribution in [2.24, 2.45) is 0 Å². The SMILES string of the molecule is COc1cc(C)ccc1OCC(=O)Nc1ccc(N)cc1. The van der Waals surface area contributed by atoms with Crippen molar-refractivity contribution in [1.82, 2.24) is 0 Å². The molecule has 0 aliphatic carbocycles. The Morgan fingerprint density at radius 3 is 2.52 bits per heavy atom. The highest BCUT2D eigenvalue weighted by Crippen LogP contribution is 2.27. The Morgan fingerprint density at radius 1 is 1.14 bits per heavy atom. The molecule has 0 aromatic heterocycles. The van der Waals surface area contributed by atoms with Gasteiger partial charge < -0.3 is 20.5 Å². The number of carbonyl (C=O) groups is 1. The van der Waals surface area contributed by atoms with Crippen LogP contribution in [0.25, 0.3) is 0 Å². The molecule has 0 heterocycles. The Labute approximate surface area is 123 Å². The van der Waals surface area contributed by atoms with Gasteiger partial charge in [-0.25, -0.2) is 0 Å². The van der Waals surface area contributed by atoms with Crippen LogP contribution in [0.2, 0.25) is 0 Å².